The Morgan fingerprint density at radius 2 is 1.95 bits per heavy atom. The van der Waals surface area contributed by atoms with Gasteiger partial charge in [0.1, 0.15) is 11.6 Å². The number of amides is 2. The quantitative estimate of drug-likeness (QED) is 0.881. The third-order valence-corrected chi connectivity index (χ3v) is 3.71. The van der Waals surface area contributed by atoms with Crippen molar-refractivity contribution in [1.29, 1.82) is 0 Å². The van der Waals surface area contributed by atoms with Gasteiger partial charge in [-0.25, -0.2) is 13.6 Å². The summed E-state index contributed by atoms with van der Waals surface area (Å²) in [6, 6.07) is 1.28. The highest BCUT2D eigenvalue weighted by atomic mass is 19.1. The van der Waals surface area contributed by atoms with E-state index in [9.17, 15) is 18.4 Å². The third-order valence-electron chi connectivity index (χ3n) is 3.71. The van der Waals surface area contributed by atoms with E-state index < -0.39 is 29.6 Å². The molecule has 0 spiro atoms. The number of benzene rings is 1. The van der Waals surface area contributed by atoms with Crippen LogP contribution in [-0.4, -0.2) is 35.1 Å². The molecule has 0 radical (unpaired) electrons. The molecule has 1 aliphatic rings. The van der Waals surface area contributed by atoms with Crippen molar-refractivity contribution in [2.24, 2.45) is 11.8 Å². The fraction of sp³-hybridized carbons (Fsp3) is 0.429. The van der Waals surface area contributed by atoms with E-state index in [2.05, 4.69) is 5.32 Å². The highest BCUT2D eigenvalue weighted by Gasteiger charge is 2.37. The minimum absolute atomic E-state index is 0.0539. The van der Waals surface area contributed by atoms with E-state index in [0.717, 1.165) is 12.1 Å². The maximum Gasteiger partial charge on any atom is 0.321 e. The molecule has 2 atom stereocenters. The molecule has 0 bridgehead atoms. The lowest BCUT2D eigenvalue weighted by atomic mass is 9.99. The maximum atomic E-state index is 13.7. The molecule has 7 heteroatoms. The van der Waals surface area contributed by atoms with Gasteiger partial charge in [-0.2, -0.15) is 0 Å². The van der Waals surface area contributed by atoms with Crippen LogP contribution in [0.2, 0.25) is 0 Å². The monoisotopic (exact) mass is 298 g/mol. The van der Waals surface area contributed by atoms with Crippen LogP contribution in [0.4, 0.5) is 19.3 Å². The summed E-state index contributed by atoms with van der Waals surface area (Å²) in [7, 11) is 0. The lowest BCUT2D eigenvalue weighted by Crippen LogP contribution is -2.34. The average molecular weight is 298 g/mol. The number of aliphatic carboxylic acids is 1. The Bertz CT molecular complexity index is 592. The van der Waals surface area contributed by atoms with E-state index >= 15 is 0 Å². The Kier molecular flexibility index (Phi) is 4.11. The molecule has 114 valence electrons. The fourth-order valence-electron chi connectivity index (χ4n) is 2.39. The maximum absolute atomic E-state index is 13.7. The Balaban J connectivity index is 2.09. The topological polar surface area (TPSA) is 69.6 Å². The van der Waals surface area contributed by atoms with E-state index in [1.807, 2.05) is 0 Å². The summed E-state index contributed by atoms with van der Waals surface area (Å²) < 4.78 is 27.1. The summed E-state index contributed by atoms with van der Waals surface area (Å²) in [6.45, 7) is 3.47. The number of carboxylic acids is 1. The number of nitrogens with zero attached hydrogens (tertiary/aromatic N) is 1. The second kappa shape index (κ2) is 5.67. The SMILES string of the molecule is Cc1cc(F)c(NC(=O)N2CC(C)C(C(=O)O)C2)cc1F. The normalized spacial score (nSPS) is 21.4. The predicted molar refractivity (Wildman–Crippen MR) is 72.0 cm³/mol. The van der Waals surface area contributed by atoms with Crippen LogP contribution in [0.15, 0.2) is 12.1 Å². The molecule has 1 aromatic rings. The lowest BCUT2D eigenvalue weighted by molar-refractivity contribution is -0.142. The Labute approximate surface area is 120 Å². The Hall–Kier alpha value is -2.18. The van der Waals surface area contributed by atoms with Gasteiger partial charge in [-0.3, -0.25) is 4.79 Å². The van der Waals surface area contributed by atoms with Crippen LogP contribution in [-0.2, 0) is 4.79 Å². The number of hydrogen-bond acceptors (Lipinski definition) is 2. The molecule has 1 aromatic carbocycles. The third kappa shape index (κ3) is 3.12. The van der Waals surface area contributed by atoms with E-state index in [0.29, 0.717) is 0 Å². The summed E-state index contributed by atoms with van der Waals surface area (Å²) in [5.41, 5.74) is -0.110. The standard InChI is InChI=1S/C14H16F2N2O3/c1-7-3-11(16)12(4-10(7)15)17-14(21)18-5-8(2)9(6-18)13(19)20/h3-4,8-9H,5-6H2,1-2H3,(H,17,21)(H,19,20). The number of carbonyl (C=O) groups is 2. The predicted octanol–water partition coefficient (Wildman–Crippen LogP) is 2.46. The van der Waals surface area contributed by atoms with Gasteiger partial charge in [0.05, 0.1) is 11.6 Å². The van der Waals surface area contributed by atoms with Crippen LogP contribution in [0.5, 0.6) is 0 Å². The van der Waals surface area contributed by atoms with Crippen molar-refractivity contribution in [1.82, 2.24) is 4.90 Å². The highest BCUT2D eigenvalue weighted by molar-refractivity contribution is 5.90. The van der Waals surface area contributed by atoms with Gasteiger partial charge in [0, 0.05) is 19.2 Å². The molecule has 0 saturated carbocycles. The second-order valence-corrected chi connectivity index (χ2v) is 5.34. The molecular weight excluding hydrogens is 282 g/mol. The summed E-state index contributed by atoms with van der Waals surface area (Å²) >= 11 is 0. The highest BCUT2D eigenvalue weighted by Crippen LogP contribution is 2.25. The van der Waals surface area contributed by atoms with Crippen molar-refractivity contribution in [2.75, 3.05) is 18.4 Å². The minimum Gasteiger partial charge on any atom is -0.481 e. The van der Waals surface area contributed by atoms with Crippen LogP contribution in [0, 0.1) is 30.4 Å². The van der Waals surface area contributed by atoms with Gasteiger partial charge in [0.15, 0.2) is 0 Å². The minimum atomic E-state index is -0.967. The second-order valence-electron chi connectivity index (χ2n) is 5.34. The summed E-state index contributed by atoms with van der Waals surface area (Å²) in [6.07, 6.45) is 0. The molecule has 5 nitrogen and oxygen atoms in total. The van der Waals surface area contributed by atoms with E-state index in [1.165, 1.54) is 11.8 Å². The molecular formula is C14H16F2N2O3. The van der Waals surface area contributed by atoms with Gasteiger partial charge < -0.3 is 15.3 Å². The number of anilines is 1. The summed E-state index contributed by atoms with van der Waals surface area (Å²) in [5, 5.41) is 11.3. The van der Waals surface area contributed by atoms with Crippen LogP contribution < -0.4 is 5.32 Å². The molecule has 0 aliphatic carbocycles. The zero-order chi connectivity index (χ0) is 15.7. The molecule has 1 heterocycles. The van der Waals surface area contributed by atoms with Gasteiger partial charge in [0.2, 0.25) is 0 Å². The van der Waals surface area contributed by atoms with E-state index in [4.69, 9.17) is 5.11 Å². The van der Waals surface area contributed by atoms with Gasteiger partial charge in [0.25, 0.3) is 0 Å². The number of likely N-dealkylation sites (tertiary alicyclic amines) is 1. The first-order chi connectivity index (χ1) is 9.79. The van der Waals surface area contributed by atoms with Crippen molar-refractivity contribution < 1.29 is 23.5 Å². The van der Waals surface area contributed by atoms with Gasteiger partial charge in [-0.05, 0) is 24.5 Å². The molecule has 1 aliphatic heterocycles. The first-order valence-electron chi connectivity index (χ1n) is 6.54. The molecule has 2 N–H and O–H groups in total. The Morgan fingerprint density at radius 1 is 1.29 bits per heavy atom. The van der Waals surface area contributed by atoms with E-state index in [1.54, 1.807) is 6.92 Å². The largest absolute Gasteiger partial charge is 0.481 e. The smallest absolute Gasteiger partial charge is 0.321 e. The van der Waals surface area contributed by atoms with Crippen LogP contribution in [0.25, 0.3) is 0 Å². The molecule has 1 fully saturated rings. The number of aryl methyl sites for hydroxylation is 1. The number of halogens is 2. The number of carboxylic acid groups (broad SMARTS) is 1. The number of rotatable bonds is 2. The van der Waals surface area contributed by atoms with Crippen molar-refractivity contribution in [3.05, 3.63) is 29.3 Å². The van der Waals surface area contributed by atoms with Gasteiger partial charge in [-0.1, -0.05) is 6.92 Å². The Morgan fingerprint density at radius 3 is 2.52 bits per heavy atom. The molecule has 2 rings (SSSR count). The lowest BCUT2D eigenvalue weighted by Gasteiger charge is -2.17. The molecule has 2 amide bonds. The molecule has 1 saturated heterocycles. The number of urea groups is 1. The van der Waals surface area contributed by atoms with Crippen molar-refractivity contribution >= 4 is 17.7 Å². The average Bonchev–Trinajstić information content (AvgIpc) is 2.78. The molecule has 0 aromatic heterocycles. The molecule has 21 heavy (non-hydrogen) atoms. The van der Waals surface area contributed by atoms with Crippen molar-refractivity contribution in [2.45, 2.75) is 13.8 Å². The molecule has 2 unspecified atom stereocenters. The van der Waals surface area contributed by atoms with Gasteiger partial charge in [-0.15, -0.1) is 0 Å². The fourth-order valence-corrected chi connectivity index (χ4v) is 2.39. The summed E-state index contributed by atoms with van der Waals surface area (Å²) in [4.78, 5) is 24.3. The zero-order valence-electron chi connectivity index (χ0n) is 11.7. The number of hydrogen-bond donors (Lipinski definition) is 2. The first kappa shape index (κ1) is 15.2. The summed E-state index contributed by atoms with van der Waals surface area (Å²) in [5.74, 6) is -3.15. The number of carbonyl (C=O) groups excluding carboxylic acids is 1. The zero-order valence-corrected chi connectivity index (χ0v) is 11.7. The van der Waals surface area contributed by atoms with Gasteiger partial charge >= 0.3 is 12.0 Å². The van der Waals surface area contributed by atoms with Crippen LogP contribution in [0.1, 0.15) is 12.5 Å². The first-order valence-corrected chi connectivity index (χ1v) is 6.54. The van der Waals surface area contributed by atoms with E-state index in [-0.39, 0.29) is 30.3 Å². The van der Waals surface area contributed by atoms with Crippen LogP contribution >= 0.6 is 0 Å². The van der Waals surface area contributed by atoms with Crippen molar-refractivity contribution in [3.8, 4) is 0 Å². The van der Waals surface area contributed by atoms with Crippen molar-refractivity contribution in [3.63, 3.8) is 0 Å². The van der Waals surface area contributed by atoms with Crippen LogP contribution in [0.3, 0.4) is 0 Å². The number of nitrogens with one attached hydrogen (secondary N) is 1.